The van der Waals surface area contributed by atoms with Crippen molar-refractivity contribution in [2.45, 2.75) is 59.0 Å². The number of rotatable bonds is 13. The molecule has 2 aromatic rings. The van der Waals surface area contributed by atoms with Gasteiger partial charge in [-0.15, -0.1) is 0 Å². The summed E-state index contributed by atoms with van der Waals surface area (Å²) in [6.07, 6.45) is 1.30. The van der Waals surface area contributed by atoms with Crippen molar-refractivity contribution in [3.05, 3.63) is 64.2 Å². The molecule has 3 rings (SSSR count). The van der Waals surface area contributed by atoms with Crippen molar-refractivity contribution < 1.29 is 24.2 Å². The van der Waals surface area contributed by atoms with Gasteiger partial charge in [-0.1, -0.05) is 56.6 Å². The van der Waals surface area contributed by atoms with Crippen LogP contribution in [0.2, 0.25) is 5.02 Å². The van der Waals surface area contributed by atoms with Crippen molar-refractivity contribution in [2.24, 2.45) is 5.92 Å². The van der Waals surface area contributed by atoms with Crippen LogP contribution in [0, 0.1) is 5.92 Å². The fourth-order valence-electron chi connectivity index (χ4n) is 4.58. The monoisotopic (exact) mass is 514 g/mol. The maximum Gasteiger partial charge on any atom is 0.305 e. The fourth-order valence-corrected chi connectivity index (χ4v) is 4.71. The lowest BCUT2D eigenvalue weighted by Crippen LogP contribution is -2.33. The number of hydrogen-bond donors (Lipinski definition) is 1. The Balaban J connectivity index is 1.77. The first-order valence-corrected chi connectivity index (χ1v) is 12.8. The van der Waals surface area contributed by atoms with E-state index in [1.165, 1.54) is 4.90 Å². The van der Waals surface area contributed by atoms with E-state index in [9.17, 15) is 19.5 Å². The molecule has 1 heterocycles. The number of aliphatic carboxylic acids is 1. The molecule has 0 bridgehead atoms. The second kappa shape index (κ2) is 12.9. The van der Waals surface area contributed by atoms with Crippen LogP contribution in [0.15, 0.2) is 42.5 Å². The van der Waals surface area contributed by atoms with Crippen LogP contribution < -0.4 is 4.74 Å². The smallest absolute Gasteiger partial charge is 0.305 e. The van der Waals surface area contributed by atoms with Crippen LogP contribution in [0.3, 0.4) is 0 Å². The zero-order valence-electron chi connectivity index (χ0n) is 21.2. The molecule has 2 aromatic carbocycles. The Hall–Kier alpha value is -2.90. The summed E-state index contributed by atoms with van der Waals surface area (Å²) in [5.74, 6) is -0.0573. The number of amides is 2. The molecule has 1 atom stereocenters. The average molecular weight is 515 g/mol. The summed E-state index contributed by atoms with van der Waals surface area (Å²) in [6.45, 7) is 8.12. The van der Waals surface area contributed by atoms with Crippen LogP contribution in [0.25, 0.3) is 0 Å². The van der Waals surface area contributed by atoms with Crippen LogP contribution in [0.4, 0.5) is 0 Å². The third-order valence-corrected chi connectivity index (χ3v) is 6.53. The van der Waals surface area contributed by atoms with E-state index in [4.69, 9.17) is 16.3 Å². The van der Waals surface area contributed by atoms with Gasteiger partial charge in [0.05, 0.1) is 13.0 Å². The van der Waals surface area contributed by atoms with Gasteiger partial charge in [0.25, 0.3) is 0 Å². The Bertz CT molecular complexity index is 1050. The van der Waals surface area contributed by atoms with E-state index < -0.39 is 5.97 Å². The minimum absolute atomic E-state index is 0.00980. The maximum absolute atomic E-state index is 11.8. The number of carbonyl (C=O) groups excluding carboxylic acids is 2. The van der Waals surface area contributed by atoms with Gasteiger partial charge in [0, 0.05) is 37.0 Å². The summed E-state index contributed by atoms with van der Waals surface area (Å²) in [7, 11) is 0. The summed E-state index contributed by atoms with van der Waals surface area (Å²) >= 11 is 6.07. The molecule has 2 amide bonds. The molecule has 0 aromatic heterocycles. The molecule has 36 heavy (non-hydrogen) atoms. The van der Waals surface area contributed by atoms with Gasteiger partial charge < -0.3 is 9.84 Å². The van der Waals surface area contributed by atoms with E-state index in [0.717, 1.165) is 35.4 Å². The summed E-state index contributed by atoms with van der Waals surface area (Å²) < 4.78 is 5.94. The number of carboxylic acids is 1. The zero-order valence-corrected chi connectivity index (χ0v) is 22.0. The van der Waals surface area contributed by atoms with Crippen LogP contribution >= 0.6 is 11.6 Å². The van der Waals surface area contributed by atoms with Crippen LogP contribution in [-0.4, -0.2) is 52.4 Å². The summed E-state index contributed by atoms with van der Waals surface area (Å²) in [5, 5.41) is 10.3. The topological polar surface area (TPSA) is 87.2 Å². The van der Waals surface area contributed by atoms with Crippen molar-refractivity contribution in [2.75, 3.05) is 19.7 Å². The SMILES string of the molecule is CCc1cc(CN(CC(C)C)C(CC(=O)O)c2ccc(Cl)cc2)ccc1OCCN1C(=O)CCC1=O. The standard InChI is InChI=1S/C28H35ClN2O5/c1-4-21-15-20(5-10-25(21)36-14-13-31-26(32)11-12-27(31)33)18-30(17-19(2)3)24(16-28(34)35)22-6-8-23(29)9-7-22/h5-10,15,19,24H,4,11-14,16-18H2,1-3H3,(H,34,35). The van der Waals surface area contributed by atoms with Gasteiger partial charge in [-0.25, -0.2) is 0 Å². The third kappa shape index (κ3) is 7.55. The number of benzene rings is 2. The molecule has 7 nitrogen and oxygen atoms in total. The molecule has 1 aliphatic heterocycles. The van der Waals surface area contributed by atoms with Gasteiger partial charge in [0.2, 0.25) is 11.8 Å². The van der Waals surface area contributed by atoms with Crippen LogP contribution in [0.1, 0.15) is 62.8 Å². The van der Waals surface area contributed by atoms with E-state index in [1.807, 2.05) is 31.2 Å². The minimum Gasteiger partial charge on any atom is -0.491 e. The third-order valence-electron chi connectivity index (χ3n) is 6.28. The second-order valence-corrected chi connectivity index (χ2v) is 10.0. The number of likely N-dealkylation sites (tertiary alicyclic amines) is 1. The highest BCUT2D eigenvalue weighted by molar-refractivity contribution is 6.30. The van der Waals surface area contributed by atoms with Crippen LogP contribution in [0.5, 0.6) is 5.75 Å². The molecule has 1 aliphatic rings. The largest absolute Gasteiger partial charge is 0.491 e. The first-order valence-electron chi connectivity index (χ1n) is 12.5. The van der Waals surface area contributed by atoms with Gasteiger partial charge in [0.15, 0.2) is 0 Å². The number of hydrogen-bond acceptors (Lipinski definition) is 5. The van der Waals surface area contributed by atoms with Crippen molar-refractivity contribution in [1.29, 1.82) is 0 Å². The fraction of sp³-hybridized carbons (Fsp3) is 0.464. The quantitative estimate of drug-likeness (QED) is 0.374. The van der Waals surface area contributed by atoms with E-state index in [0.29, 0.717) is 17.5 Å². The molecule has 0 aliphatic carbocycles. The molecule has 194 valence electrons. The second-order valence-electron chi connectivity index (χ2n) is 9.57. The number of nitrogens with zero attached hydrogens (tertiary/aromatic N) is 2. The summed E-state index contributed by atoms with van der Waals surface area (Å²) in [6, 6.07) is 13.1. The molecule has 0 saturated carbocycles. The highest BCUT2D eigenvalue weighted by Gasteiger charge is 2.28. The van der Waals surface area contributed by atoms with Gasteiger partial charge in [-0.05, 0) is 47.2 Å². The lowest BCUT2D eigenvalue weighted by molar-refractivity contribution is -0.140. The molecule has 1 unspecified atom stereocenters. The number of ether oxygens (including phenoxy) is 1. The molecule has 1 N–H and O–H groups in total. The van der Waals surface area contributed by atoms with Gasteiger partial charge >= 0.3 is 5.97 Å². The Morgan fingerprint density at radius 3 is 2.36 bits per heavy atom. The predicted molar refractivity (Wildman–Crippen MR) is 139 cm³/mol. The minimum atomic E-state index is -0.850. The molecule has 0 spiro atoms. The van der Waals surface area contributed by atoms with Crippen molar-refractivity contribution in [3.8, 4) is 5.75 Å². The highest BCUT2D eigenvalue weighted by atomic mass is 35.5. The predicted octanol–water partition coefficient (Wildman–Crippen LogP) is 5.10. The molecular formula is C28H35ClN2O5. The Labute approximate surface area is 218 Å². The van der Waals surface area contributed by atoms with E-state index >= 15 is 0 Å². The first-order chi connectivity index (χ1) is 17.2. The lowest BCUT2D eigenvalue weighted by Gasteiger charge is -2.33. The highest BCUT2D eigenvalue weighted by Crippen LogP contribution is 2.30. The van der Waals surface area contributed by atoms with Crippen molar-refractivity contribution in [1.82, 2.24) is 9.80 Å². The van der Waals surface area contributed by atoms with Gasteiger partial charge in [0.1, 0.15) is 12.4 Å². The Morgan fingerprint density at radius 2 is 1.78 bits per heavy atom. The van der Waals surface area contributed by atoms with E-state index in [2.05, 4.69) is 24.8 Å². The Morgan fingerprint density at radius 1 is 1.11 bits per heavy atom. The maximum atomic E-state index is 11.8. The number of carbonyl (C=O) groups is 3. The molecule has 1 saturated heterocycles. The number of aryl methyl sites for hydroxylation is 1. The number of imide groups is 1. The zero-order chi connectivity index (χ0) is 26.2. The number of carboxylic acid groups (broad SMARTS) is 1. The van der Waals surface area contributed by atoms with Crippen LogP contribution in [-0.2, 0) is 27.3 Å². The summed E-state index contributed by atoms with van der Waals surface area (Å²) in [4.78, 5) is 38.9. The molecular weight excluding hydrogens is 480 g/mol. The van der Waals surface area contributed by atoms with Gasteiger partial charge in [-0.2, -0.15) is 0 Å². The summed E-state index contributed by atoms with van der Waals surface area (Å²) in [5.41, 5.74) is 3.01. The normalized spacial score (nSPS) is 14.7. The van der Waals surface area contributed by atoms with Gasteiger partial charge in [-0.3, -0.25) is 24.2 Å². The van der Waals surface area contributed by atoms with E-state index in [1.54, 1.807) is 12.1 Å². The molecule has 8 heteroatoms. The van der Waals surface area contributed by atoms with Crippen molar-refractivity contribution in [3.63, 3.8) is 0 Å². The van der Waals surface area contributed by atoms with E-state index in [-0.39, 0.29) is 50.3 Å². The average Bonchev–Trinajstić information content (AvgIpc) is 3.15. The Kier molecular flexibility index (Phi) is 9.90. The number of halogens is 1. The first kappa shape index (κ1) is 27.7. The van der Waals surface area contributed by atoms with Crippen molar-refractivity contribution >= 4 is 29.4 Å². The lowest BCUT2D eigenvalue weighted by atomic mass is 9.99. The molecule has 1 fully saturated rings. The molecule has 0 radical (unpaired) electrons.